The van der Waals surface area contributed by atoms with E-state index in [1.165, 1.54) is 4.31 Å². The van der Waals surface area contributed by atoms with E-state index >= 15 is 0 Å². The summed E-state index contributed by atoms with van der Waals surface area (Å²) in [5.74, 6) is 0.686. The fraction of sp³-hybridized carbons (Fsp3) is 0.179. The minimum absolute atomic E-state index is 0.136. The Bertz CT molecular complexity index is 1500. The van der Waals surface area contributed by atoms with Gasteiger partial charge in [0.2, 0.25) is 0 Å². The number of carbonyl (C=O) groups is 1. The summed E-state index contributed by atoms with van der Waals surface area (Å²) >= 11 is 0. The Kier molecular flexibility index (Phi) is 6.52. The molecule has 1 heterocycles. The van der Waals surface area contributed by atoms with Crippen molar-refractivity contribution < 1.29 is 22.7 Å². The predicted molar refractivity (Wildman–Crippen MR) is 139 cm³/mol. The zero-order valence-corrected chi connectivity index (χ0v) is 20.6. The van der Waals surface area contributed by atoms with Crippen molar-refractivity contribution in [2.24, 2.45) is 0 Å². The molecule has 1 unspecified atom stereocenters. The van der Waals surface area contributed by atoms with E-state index in [0.29, 0.717) is 11.4 Å². The Morgan fingerprint density at radius 3 is 2.58 bits per heavy atom. The number of nitrogens with zero attached hydrogens (tertiary/aromatic N) is 1. The number of fused-ring (bicyclic) bond motifs is 2. The van der Waals surface area contributed by atoms with Crippen LogP contribution in [0.15, 0.2) is 95.9 Å². The van der Waals surface area contributed by atoms with E-state index in [1.54, 1.807) is 42.5 Å². The smallest absolute Gasteiger partial charge is 0.264 e. The van der Waals surface area contributed by atoms with E-state index in [4.69, 9.17) is 9.47 Å². The van der Waals surface area contributed by atoms with Crippen molar-refractivity contribution in [2.75, 3.05) is 24.0 Å². The first kappa shape index (κ1) is 23.7. The second-order valence-corrected chi connectivity index (χ2v) is 10.4. The molecular formula is C28H26N2O5S. The molecule has 0 saturated carbocycles. The van der Waals surface area contributed by atoms with Gasteiger partial charge in [-0.3, -0.25) is 9.10 Å². The number of carbonyl (C=O) groups excluding carboxylic acids is 1. The van der Waals surface area contributed by atoms with Crippen LogP contribution in [0.5, 0.6) is 11.5 Å². The quantitative estimate of drug-likeness (QED) is 0.381. The lowest BCUT2D eigenvalue weighted by Crippen LogP contribution is -2.51. The maximum atomic E-state index is 13.4. The standard InChI is InChI=1S/C28H26N2O5S/c1-20-14-15-24-26(18-20)35-27(19-30(24)36(32,33)22-10-3-2-4-11-22)28(31)29-16-17-34-25-13-7-9-21-8-5-6-12-23(21)25/h2-15,18,27H,16-17,19H2,1H3,(H,29,31). The zero-order chi connectivity index (χ0) is 25.1. The molecule has 184 valence electrons. The van der Waals surface area contributed by atoms with Crippen LogP contribution in [-0.2, 0) is 14.8 Å². The zero-order valence-electron chi connectivity index (χ0n) is 19.8. The van der Waals surface area contributed by atoms with Crippen molar-refractivity contribution in [2.45, 2.75) is 17.9 Å². The number of ether oxygens (including phenoxy) is 2. The SMILES string of the molecule is Cc1ccc2c(c1)OC(C(=O)NCCOc1cccc3ccccc13)CN2S(=O)(=O)c1ccccc1. The normalized spacial score (nSPS) is 15.1. The van der Waals surface area contributed by atoms with E-state index in [0.717, 1.165) is 22.1 Å². The molecule has 5 rings (SSSR count). The molecule has 0 fully saturated rings. The summed E-state index contributed by atoms with van der Waals surface area (Å²) < 4.78 is 40.0. The van der Waals surface area contributed by atoms with Gasteiger partial charge in [-0.1, -0.05) is 60.7 Å². The van der Waals surface area contributed by atoms with Gasteiger partial charge >= 0.3 is 0 Å². The fourth-order valence-electron chi connectivity index (χ4n) is 4.22. The van der Waals surface area contributed by atoms with Crippen LogP contribution < -0.4 is 19.1 Å². The molecular weight excluding hydrogens is 476 g/mol. The summed E-state index contributed by atoms with van der Waals surface area (Å²) in [4.78, 5) is 13.2. The van der Waals surface area contributed by atoms with Gasteiger partial charge in [0.15, 0.2) is 6.10 Å². The van der Waals surface area contributed by atoms with E-state index in [1.807, 2.05) is 55.5 Å². The van der Waals surface area contributed by atoms with Gasteiger partial charge in [-0.05, 0) is 48.2 Å². The van der Waals surface area contributed by atoms with E-state index in [9.17, 15) is 13.2 Å². The molecule has 36 heavy (non-hydrogen) atoms. The lowest BCUT2D eigenvalue weighted by molar-refractivity contribution is -0.127. The highest BCUT2D eigenvalue weighted by molar-refractivity contribution is 7.92. The largest absolute Gasteiger partial charge is 0.491 e. The number of hydrogen-bond acceptors (Lipinski definition) is 5. The summed E-state index contributed by atoms with van der Waals surface area (Å²) in [6.45, 7) is 2.25. The van der Waals surface area contributed by atoms with Gasteiger partial charge < -0.3 is 14.8 Å². The van der Waals surface area contributed by atoms with Crippen LogP contribution in [0.2, 0.25) is 0 Å². The van der Waals surface area contributed by atoms with Crippen molar-refractivity contribution in [3.63, 3.8) is 0 Å². The molecule has 7 nitrogen and oxygen atoms in total. The molecule has 1 amide bonds. The molecule has 1 atom stereocenters. The monoisotopic (exact) mass is 502 g/mol. The predicted octanol–water partition coefficient (Wildman–Crippen LogP) is 4.30. The molecule has 0 aliphatic carbocycles. The molecule has 0 aromatic heterocycles. The highest BCUT2D eigenvalue weighted by Gasteiger charge is 2.37. The topological polar surface area (TPSA) is 84.9 Å². The molecule has 1 aliphatic rings. The molecule has 1 N–H and O–H groups in total. The summed E-state index contributed by atoms with van der Waals surface area (Å²) in [6.07, 6.45) is -1.00. The molecule has 1 aliphatic heterocycles. The lowest BCUT2D eigenvalue weighted by atomic mass is 10.1. The number of nitrogens with one attached hydrogen (secondary N) is 1. The summed E-state index contributed by atoms with van der Waals surface area (Å²) in [5.41, 5.74) is 1.31. The van der Waals surface area contributed by atoms with Crippen molar-refractivity contribution in [3.8, 4) is 11.5 Å². The first-order chi connectivity index (χ1) is 17.4. The Hall–Kier alpha value is -4.04. The van der Waals surface area contributed by atoms with Gasteiger partial charge in [0.1, 0.15) is 18.1 Å². The Labute approximate surface area is 210 Å². The molecule has 8 heteroatoms. The van der Waals surface area contributed by atoms with Gasteiger partial charge in [-0.15, -0.1) is 0 Å². The highest BCUT2D eigenvalue weighted by atomic mass is 32.2. The molecule has 0 bridgehead atoms. The third-order valence-electron chi connectivity index (χ3n) is 6.02. The maximum Gasteiger partial charge on any atom is 0.264 e. The number of aryl methyl sites for hydroxylation is 1. The van der Waals surface area contributed by atoms with E-state index in [2.05, 4.69) is 5.32 Å². The second kappa shape index (κ2) is 9.91. The van der Waals surface area contributed by atoms with E-state index in [-0.39, 0.29) is 24.6 Å². The Morgan fingerprint density at radius 1 is 1.00 bits per heavy atom. The minimum atomic E-state index is -3.89. The van der Waals surface area contributed by atoms with Gasteiger partial charge in [-0.2, -0.15) is 0 Å². The van der Waals surface area contributed by atoms with Gasteiger partial charge in [0.05, 0.1) is 23.7 Å². The van der Waals surface area contributed by atoms with Crippen molar-refractivity contribution in [1.29, 1.82) is 0 Å². The van der Waals surface area contributed by atoms with Crippen molar-refractivity contribution in [3.05, 3.63) is 96.6 Å². The average molecular weight is 503 g/mol. The average Bonchev–Trinajstić information content (AvgIpc) is 2.90. The number of amides is 1. The maximum absolute atomic E-state index is 13.4. The van der Waals surface area contributed by atoms with Crippen LogP contribution in [0.3, 0.4) is 0 Å². The number of anilines is 1. The third-order valence-corrected chi connectivity index (χ3v) is 7.81. The van der Waals surface area contributed by atoms with Crippen molar-refractivity contribution >= 4 is 32.4 Å². The van der Waals surface area contributed by atoms with Crippen LogP contribution in [0, 0.1) is 6.92 Å². The summed E-state index contributed by atoms with van der Waals surface area (Å²) in [7, 11) is -3.89. The highest BCUT2D eigenvalue weighted by Crippen LogP contribution is 2.37. The molecule has 0 saturated heterocycles. The van der Waals surface area contributed by atoms with Crippen LogP contribution in [-0.4, -0.2) is 40.1 Å². The van der Waals surface area contributed by atoms with Crippen LogP contribution >= 0.6 is 0 Å². The Balaban J connectivity index is 1.29. The summed E-state index contributed by atoms with van der Waals surface area (Å²) in [5, 5.41) is 4.89. The lowest BCUT2D eigenvalue weighted by Gasteiger charge is -2.35. The third kappa shape index (κ3) is 4.72. The molecule has 0 spiro atoms. The fourth-order valence-corrected chi connectivity index (χ4v) is 5.71. The molecule has 4 aromatic rings. The molecule has 0 radical (unpaired) electrons. The summed E-state index contributed by atoms with van der Waals surface area (Å²) in [6, 6.07) is 27.2. The van der Waals surface area contributed by atoms with Gasteiger partial charge in [0, 0.05) is 5.39 Å². The number of sulfonamides is 1. The van der Waals surface area contributed by atoms with Gasteiger partial charge in [-0.25, -0.2) is 8.42 Å². The number of hydrogen-bond donors (Lipinski definition) is 1. The second-order valence-electron chi connectivity index (χ2n) is 8.54. The van der Waals surface area contributed by atoms with Gasteiger partial charge in [0.25, 0.3) is 15.9 Å². The van der Waals surface area contributed by atoms with Crippen LogP contribution in [0.1, 0.15) is 5.56 Å². The minimum Gasteiger partial charge on any atom is -0.491 e. The first-order valence-corrected chi connectivity index (χ1v) is 13.1. The van der Waals surface area contributed by atoms with E-state index < -0.39 is 22.0 Å². The Morgan fingerprint density at radius 2 is 1.75 bits per heavy atom. The van der Waals surface area contributed by atoms with Crippen LogP contribution in [0.25, 0.3) is 10.8 Å². The van der Waals surface area contributed by atoms with Crippen LogP contribution in [0.4, 0.5) is 5.69 Å². The number of benzene rings is 4. The number of rotatable bonds is 7. The van der Waals surface area contributed by atoms with Crippen molar-refractivity contribution in [1.82, 2.24) is 5.32 Å². The first-order valence-electron chi connectivity index (χ1n) is 11.7. The molecule has 4 aromatic carbocycles.